The summed E-state index contributed by atoms with van der Waals surface area (Å²) in [7, 11) is 0. The van der Waals surface area contributed by atoms with Gasteiger partial charge in [-0.1, -0.05) is 60.7 Å². The third-order valence-corrected chi connectivity index (χ3v) is 7.97. The van der Waals surface area contributed by atoms with Crippen LogP contribution in [-0.2, 0) is 0 Å². The van der Waals surface area contributed by atoms with E-state index >= 15 is 0 Å². The molecule has 0 fully saturated rings. The molecule has 0 aliphatic heterocycles. The fourth-order valence-corrected chi connectivity index (χ4v) is 6.24. The van der Waals surface area contributed by atoms with E-state index in [-0.39, 0.29) is 0 Å². The second-order valence-corrected chi connectivity index (χ2v) is 10.2. The molecule has 186 valence electrons. The van der Waals surface area contributed by atoms with Crippen molar-refractivity contribution in [3.05, 3.63) is 128 Å². The van der Waals surface area contributed by atoms with Gasteiger partial charge >= 0.3 is 0 Å². The summed E-state index contributed by atoms with van der Waals surface area (Å²) in [5, 5.41) is 5.97. The number of fused-ring (bicyclic) bond motifs is 11. The molecule has 0 aliphatic carbocycles. The molecule has 5 heteroatoms. The molecule has 4 aromatic carbocycles. The normalized spacial score (nSPS) is 12.0. The first kappa shape index (κ1) is 21.4. The molecule has 0 atom stereocenters. The third kappa shape index (κ3) is 2.89. The summed E-state index contributed by atoms with van der Waals surface area (Å²) in [5.74, 6) is 0.874. The van der Waals surface area contributed by atoms with Crippen LogP contribution in [0.5, 0.6) is 0 Å². The number of imidazole rings is 1. The molecule has 0 bridgehead atoms. The lowest BCUT2D eigenvalue weighted by atomic mass is 10.0. The molecule has 5 nitrogen and oxygen atoms in total. The van der Waals surface area contributed by atoms with Crippen molar-refractivity contribution in [2.45, 2.75) is 0 Å². The maximum atomic E-state index is 5.12. The number of para-hydroxylation sites is 3. The highest BCUT2D eigenvalue weighted by molar-refractivity contribution is 6.20. The van der Waals surface area contributed by atoms with E-state index in [2.05, 4.69) is 111 Å². The predicted octanol–water partition coefficient (Wildman–Crippen LogP) is 8.35. The van der Waals surface area contributed by atoms with E-state index in [9.17, 15) is 0 Å². The number of benzene rings is 4. The zero-order chi connectivity index (χ0) is 26.2. The van der Waals surface area contributed by atoms with E-state index in [0.29, 0.717) is 0 Å². The molecule has 5 heterocycles. The molecule has 0 saturated carbocycles. The van der Waals surface area contributed by atoms with Crippen molar-refractivity contribution in [2.75, 3.05) is 0 Å². The van der Waals surface area contributed by atoms with Crippen molar-refractivity contribution in [1.82, 2.24) is 23.9 Å². The minimum atomic E-state index is 0.874. The van der Waals surface area contributed by atoms with Crippen LogP contribution in [0.1, 0.15) is 0 Å². The van der Waals surface area contributed by atoms with Gasteiger partial charge in [-0.25, -0.2) is 9.97 Å². The average molecular weight is 512 g/mol. The molecular weight excluding hydrogens is 490 g/mol. The second kappa shape index (κ2) is 7.98. The monoisotopic (exact) mass is 511 g/mol. The van der Waals surface area contributed by atoms with E-state index < -0.39 is 0 Å². The van der Waals surface area contributed by atoms with E-state index in [1.54, 1.807) is 6.20 Å². The van der Waals surface area contributed by atoms with E-state index in [1.807, 2.05) is 24.4 Å². The molecule has 0 N–H and O–H groups in total. The van der Waals surface area contributed by atoms with Gasteiger partial charge in [0.05, 0.1) is 33.3 Å². The number of rotatable bonds is 2. The van der Waals surface area contributed by atoms with Crippen molar-refractivity contribution in [2.24, 2.45) is 0 Å². The largest absolute Gasteiger partial charge is 0.294 e. The maximum absolute atomic E-state index is 5.12. The lowest BCUT2D eigenvalue weighted by molar-refractivity contribution is 1.08. The van der Waals surface area contributed by atoms with Crippen molar-refractivity contribution in [3.8, 4) is 17.1 Å². The molecule has 9 aromatic rings. The minimum absolute atomic E-state index is 0.874. The van der Waals surface area contributed by atoms with Crippen LogP contribution in [0.25, 0.3) is 77.2 Å². The van der Waals surface area contributed by atoms with Gasteiger partial charge in [-0.3, -0.25) is 14.0 Å². The van der Waals surface area contributed by atoms with Gasteiger partial charge in [0.2, 0.25) is 0 Å². The SMILES string of the molecule is c1cncc(-c2cccc(-n3c4ccccc4c4cc5c6ccccc6c6nc7ccccc7n6c5cc43)n2)c1. The number of pyridine rings is 3. The Kier molecular flexibility index (Phi) is 4.27. The van der Waals surface area contributed by atoms with Crippen molar-refractivity contribution in [1.29, 1.82) is 0 Å². The van der Waals surface area contributed by atoms with Crippen molar-refractivity contribution < 1.29 is 0 Å². The van der Waals surface area contributed by atoms with E-state index in [4.69, 9.17) is 9.97 Å². The van der Waals surface area contributed by atoms with E-state index in [0.717, 1.165) is 55.7 Å². The molecular formula is C35H21N5. The van der Waals surface area contributed by atoms with Crippen LogP contribution in [0.2, 0.25) is 0 Å². The Balaban J connectivity index is 1.47. The molecule has 5 aromatic heterocycles. The zero-order valence-corrected chi connectivity index (χ0v) is 21.4. The molecule has 0 amide bonds. The highest BCUT2D eigenvalue weighted by Gasteiger charge is 2.19. The predicted molar refractivity (Wildman–Crippen MR) is 163 cm³/mol. The number of nitrogens with zero attached hydrogens (tertiary/aromatic N) is 5. The van der Waals surface area contributed by atoms with Gasteiger partial charge in [-0.15, -0.1) is 0 Å². The zero-order valence-electron chi connectivity index (χ0n) is 21.4. The summed E-state index contributed by atoms with van der Waals surface area (Å²) < 4.78 is 4.60. The lowest BCUT2D eigenvalue weighted by Crippen LogP contribution is -1.99. The summed E-state index contributed by atoms with van der Waals surface area (Å²) >= 11 is 0. The Morgan fingerprint density at radius 2 is 1.27 bits per heavy atom. The second-order valence-electron chi connectivity index (χ2n) is 10.2. The minimum Gasteiger partial charge on any atom is -0.294 e. The van der Waals surface area contributed by atoms with Crippen LogP contribution < -0.4 is 0 Å². The number of aromatic nitrogens is 5. The van der Waals surface area contributed by atoms with Crippen LogP contribution in [0.4, 0.5) is 0 Å². The maximum Gasteiger partial charge on any atom is 0.146 e. The quantitative estimate of drug-likeness (QED) is 0.219. The third-order valence-electron chi connectivity index (χ3n) is 7.97. The average Bonchev–Trinajstić information content (AvgIpc) is 3.57. The Morgan fingerprint density at radius 3 is 2.15 bits per heavy atom. The van der Waals surface area contributed by atoms with Crippen LogP contribution in [0.15, 0.2) is 128 Å². The molecule has 0 unspecified atom stereocenters. The number of hydrogen-bond acceptors (Lipinski definition) is 3. The number of hydrogen-bond donors (Lipinski definition) is 0. The van der Waals surface area contributed by atoms with Gasteiger partial charge in [-0.05, 0) is 60.0 Å². The Labute approximate surface area is 228 Å². The first-order valence-corrected chi connectivity index (χ1v) is 13.4. The highest BCUT2D eigenvalue weighted by atomic mass is 15.1. The van der Waals surface area contributed by atoms with E-state index in [1.165, 1.54) is 21.5 Å². The topological polar surface area (TPSA) is 48.0 Å². The Morgan fingerprint density at radius 1 is 0.500 bits per heavy atom. The summed E-state index contributed by atoms with van der Waals surface area (Å²) in [6, 6.07) is 40.4. The van der Waals surface area contributed by atoms with Gasteiger partial charge in [0.1, 0.15) is 11.5 Å². The van der Waals surface area contributed by atoms with Gasteiger partial charge < -0.3 is 0 Å². The standard InChI is InChI=1S/C35H21N5/c1-2-12-25-23(10-1)26-19-27-24-11-3-5-15-30(24)39(34-17-7-14-28(37-34)22-9-8-18-36-21-22)32(27)20-33(26)40-31-16-6-4-13-29(31)38-35(25)40/h1-21H. The highest BCUT2D eigenvalue weighted by Crippen LogP contribution is 2.39. The first-order valence-electron chi connectivity index (χ1n) is 13.4. The van der Waals surface area contributed by atoms with Gasteiger partial charge in [0.15, 0.2) is 0 Å². The summed E-state index contributed by atoms with van der Waals surface area (Å²) in [6.45, 7) is 0. The summed E-state index contributed by atoms with van der Waals surface area (Å²) in [4.78, 5) is 14.5. The van der Waals surface area contributed by atoms with Crippen molar-refractivity contribution in [3.63, 3.8) is 0 Å². The molecule has 40 heavy (non-hydrogen) atoms. The smallest absolute Gasteiger partial charge is 0.146 e. The fourth-order valence-electron chi connectivity index (χ4n) is 6.24. The Hall–Kier alpha value is -5.55. The lowest BCUT2D eigenvalue weighted by Gasteiger charge is -2.12. The first-order chi connectivity index (χ1) is 19.8. The van der Waals surface area contributed by atoms with Crippen molar-refractivity contribution >= 4 is 60.2 Å². The van der Waals surface area contributed by atoms with Crippen LogP contribution in [-0.4, -0.2) is 23.9 Å². The van der Waals surface area contributed by atoms with Gasteiger partial charge in [0, 0.05) is 39.5 Å². The molecule has 0 radical (unpaired) electrons. The Bertz CT molecular complexity index is 2430. The molecule has 0 aliphatic rings. The summed E-state index contributed by atoms with van der Waals surface area (Å²) in [5.41, 5.74) is 8.32. The van der Waals surface area contributed by atoms with Crippen LogP contribution in [0.3, 0.4) is 0 Å². The fraction of sp³-hybridized carbons (Fsp3) is 0. The molecule has 9 rings (SSSR count). The van der Waals surface area contributed by atoms with Crippen LogP contribution in [0, 0.1) is 0 Å². The molecule has 0 saturated heterocycles. The van der Waals surface area contributed by atoms with Gasteiger partial charge in [-0.2, -0.15) is 0 Å². The van der Waals surface area contributed by atoms with Crippen LogP contribution >= 0.6 is 0 Å². The molecule has 0 spiro atoms. The summed E-state index contributed by atoms with van der Waals surface area (Å²) in [6.07, 6.45) is 3.65. The van der Waals surface area contributed by atoms with Gasteiger partial charge in [0.25, 0.3) is 0 Å².